The molecule has 1 aliphatic carbocycles. The number of carbonyl (C=O) groups excluding carboxylic acids is 1. The summed E-state index contributed by atoms with van der Waals surface area (Å²) < 4.78 is 11.0. The highest BCUT2D eigenvalue weighted by atomic mass is 35.5. The van der Waals surface area contributed by atoms with Crippen LogP contribution in [0.15, 0.2) is 12.1 Å². The average molecular weight is 398 g/mol. The number of ether oxygens (including phenoxy) is 2. The molecule has 0 spiro atoms. The van der Waals surface area contributed by atoms with Gasteiger partial charge in [0.15, 0.2) is 11.5 Å². The van der Waals surface area contributed by atoms with Gasteiger partial charge < -0.3 is 25.2 Å². The lowest BCUT2D eigenvalue weighted by Gasteiger charge is -2.42. The number of nitrogens with one attached hydrogen (secondary N) is 2. The Labute approximate surface area is 162 Å². The van der Waals surface area contributed by atoms with E-state index in [2.05, 4.69) is 10.6 Å². The highest BCUT2D eigenvalue weighted by Gasteiger charge is 2.34. The number of rotatable bonds is 7. The molecule has 1 aromatic rings. The fourth-order valence-corrected chi connectivity index (χ4v) is 3.65. The van der Waals surface area contributed by atoms with Gasteiger partial charge in [0.2, 0.25) is 0 Å². The van der Waals surface area contributed by atoms with Gasteiger partial charge in [0, 0.05) is 18.6 Å². The summed E-state index contributed by atoms with van der Waals surface area (Å²) in [4.78, 5) is 24.9. The molecule has 8 nitrogen and oxygen atoms in total. The molecule has 1 aliphatic heterocycles. The predicted molar refractivity (Wildman–Crippen MR) is 99.5 cm³/mol. The maximum Gasteiger partial charge on any atom is 0.317 e. The number of carbonyl (C=O) groups is 2. The largest absolute Gasteiger partial charge is 0.486 e. The Morgan fingerprint density at radius 1 is 1.30 bits per heavy atom. The van der Waals surface area contributed by atoms with Crippen LogP contribution in [0, 0.1) is 0 Å². The molecule has 2 aliphatic rings. The van der Waals surface area contributed by atoms with Crippen LogP contribution < -0.4 is 20.1 Å². The number of hydrogen-bond donors (Lipinski definition) is 3. The number of carboxylic acids is 1. The van der Waals surface area contributed by atoms with Gasteiger partial charge in [-0.2, -0.15) is 0 Å². The van der Waals surface area contributed by atoms with Crippen LogP contribution in [-0.4, -0.2) is 60.4 Å². The highest BCUT2D eigenvalue weighted by Crippen LogP contribution is 2.38. The Balaban J connectivity index is 1.43. The van der Waals surface area contributed by atoms with Gasteiger partial charge in [-0.05, 0) is 37.1 Å². The molecule has 0 atom stereocenters. The molecule has 2 amide bonds. The van der Waals surface area contributed by atoms with Crippen LogP contribution in [-0.2, 0) is 11.3 Å². The number of hydrogen-bond acceptors (Lipinski definition) is 5. The van der Waals surface area contributed by atoms with E-state index in [0.29, 0.717) is 42.8 Å². The van der Waals surface area contributed by atoms with E-state index in [0.717, 1.165) is 18.4 Å². The first-order valence-electron chi connectivity index (χ1n) is 9.04. The lowest BCUT2D eigenvalue weighted by molar-refractivity contribution is -0.139. The molecule has 1 heterocycles. The predicted octanol–water partition coefficient (Wildman–Crippen LogP) is 1.85. The number of fused-ring (bicyclic) bond motifs is 1. The summed E-state index contributed by atoms with van der Waals surface area (Å²) >= 11 is 6.19. The number of urea groups is 1. The monoisotopic (exact) mass is 397 g/mol. The van der Waals surface area contributed by atoms with Crippen molar-refractivity contribution >= 4 is 23.6 Å². The van der Waals surface area contributed by atoms with Crippen LogP contribution in [0.4, 0.5) is 4.79 Å². The van der Waals surface area contributed by atoms with Crippen molar-refractivity contribution in [3.63, 3.8) is 0 Å². The molecular weight excluding hydrogens is 374 g/mol. The molecule has 0 unspecified atom stereocenters. The number of benzene rings is 1. The van der Waals surface area contributed by atoms with E-state index >= 15 is 0 Å². The molecule has 0 bridgehead atoms. The van der Waals surface area contributed by atoms with E-state index in [9.17, 15) is 9.59 Å². The van der Waals surface area contributed by atoms with Gasteiger partial charge in [-0.1, -0.05) is 18.5 Å². The summed E-state index contributed by atoms with van der Waals surface area (Å²) in [5.41, 5.74) is 0.824. The quantitative estimate of drug-likeness (QED) is 0.649. The second-order valence-corrected chi connectivity index (χ2v) is 7.12. The van der Waals surface area contributed by atoms with Gasteiger partial charge >= 0.3 is 12.0 Å². The lowest BCUT2D eigenvalue weighted by Crippen LogP contribution is -2.56. The third-order valence-electron chi connectivity index (χ3n) is 4.82. The number of carboxylic acid groups (broad SMARTS) is 1. The molecule has 0 saturated heterocycles. The maximum atomic E-state index is 12.1. The summed E-state index contributed by atoms with van der Waals surface area (Å²) in [7, 11) is 0. The summed E-state index contributed by atoms with van der Waals surface area (Å²) in [6.45, 7) is 3.91. The van der Waals surface area contributed by atoms with Crippen molar-refractivity contribution in [2.24, 2.45) is 0 Å². The Morgan fingerprint density at radius 2 is 2.04 bits per heavy atom. The molecule has 0 aromatic heterocycles. The zero-order valence-corrected chi connectivity index (χ0v) is 15.9. The zero-order valence-electron chi connectivity index (χ0n) is 15.2. The second-order valence-electron chi connectivity index (χ2n) is 6.71. The minimum atomic E-state index is -0.830. The number of aliphatic carboxylic acids is 1. The minimum Gasteiger partial charge on any atom is -0.486 e. The normalized spacial score (nSPS) is 20.7. The summed E-state index contributed by atoms with van der Waals surface area (Å²) in [5.74, 6) is 0.299. The lowest BCUT2D eigenvalue weighted by atomic mass is 9.85. The molecule has 1 saturated carbocycles. The third kappa shape index (κ3) is 4.95. The maximum absolute atomic E-state index is 12.1. The van der Waals surface area contributed by atoms with Crippen molar-refractivity contribution in [3.05, 3.63) is 22.7 Å². The van der Waals surface area contributed by atoms with E-state index in [1.165, 1.54) is 0 Å². The van der Waals surface area contributed by atoms with Crippen molar-refractivity contribution in [1.82, 2.24) is 15.5 Å². The molecule has 27 heavy (non-hydrogen) atoms. The van der Waals surface area contributed by atoms with E-state index in [1.807, 2.05) is 17.9 Å². The van der Waals surface area contributed by atoms with Gasteiger partial charge in [0.1, 0.15) is 13.2 Å². The number of nitrogens with zero attached hydrogens (tertiary/aromatic N) is 1. The van der Waals surface area contributed by atoms with Crippen molar-refractivity contribution in [2.45, 2.75) is 38.4 Å². The zero-order chi connectivity index (χ0) is 19.4. The Morgan fingerprint density at radius 3 is 2.74 bits per heavy atom. The van der Waals surface area contributed by atoms with Crippen molar-refractivity contribution < 1.29 is 24.2 Å². The van der Waals surface area contributed by atoms with Gasteiger partial charge in [0.05, 0.1) is 11.6 Å². The van der Waals surface area contributed by atoms with Crippen molar-refractivity contribution in [2.75, 3.05) is 26.3 Å². The van der Waals surface area contributed by atoms with Gasteiger partial charge in [-0.25, -0.2) is 4.79 Å². The summed E-state index contributed by atoms with van der Waals surface area (Å²) in [6, 6.07) is 3.56. The summed E-state index contributed by atoms with van der Waals surface area (Å²) in [6.07, 6.45) is 1.51. The molecular formula is C18H24ClN3O5. The van der Waals surface area contributed by atoms with Crippen LogP contribution in [0.2, 0.25) is 5.02 Å². The van der Waals surface area contributed by atoms with Crippen molar-refractivity contribution in [3.8, 4) is 11.5 Å². The first-order valence-corrected chi connectivity index (χ1v) is 9.42. The summed E-state index contributed by atoms with van der Waals surface area (Å²) in [5, 5.41) is 15.1. The topological polar surface area (TPSA) is 100 Å². The Bertz CT molecular complexity index is 708. The molecule has 148 valence electrons. The molecule has 0 radical (unpaired) electrons. The first kappa shape index (κ1) is 19.6. The first-order chi connectivity index (χ1) is 13.0. The Hall–Kier alpha value is -2.19. The standard InChI is InChI=1S/C18H24ClN3O5/c1-2-22(10-16(23)24)13-7-12(8-13)21-18(25)20-9-11-5-14(19)17-15(6-11)26-3-4-27-17/h5-6,12-13H,2-4,7-10H2,1H3,(H,23,24)(H2,20,21,25). The van der Waals surface area contributed by atoms with Crippen LogP contribution in [0.5, 0.6) is 11.5 Å². The minimum absolute atomic E-state index is 0.0327. The van der Waals surface area contributed by atoms with E-state index < -0.39 is 5.97 Å². The second kappa shape index (κ2) is 8.67. The molecule has 3 N–H and O–H groups in total. The van der Waals surface area contributed by atoms with Gasteiger partial charge in [-0.15, -0.1) is 0 Å². The molecule has 3 rings (SSSR count). The smallest absolute Gasteiger partial charge is 0.317 e. The average Bonchev–Trinajstić information content (AvgIpc) is 2.61. The molecule has 9 heteroatoms. The van der Waals surface area contributed by atoms with E-state index in [1.54, 1.807) is 6.07 Å². The third-order valence-corrected chi connectivity index (χ3v) is 5.10. The van der Waals surface area contributed by atoms with Crippen LogP contribution in [0.1, 0.15) is 25.3 Å². The Kier molecular flexibility index (Phi) is 6.28. The van der Waals surface area contributed by atoms with Crippen LogP contribution >= 0.6 is 11.6 Å². The highest BCUT2D eigenvalue weighted by molar-refractivity contribution is 6.32. The van der Waals surface area contributed by atoms with Crippen molar-refractivity contribution in [1.29, 1.82) is 0 Å². The number of amides is 2. The van der Waals surface area contributed by atoms with E-state index in [4.69, 9.17) is 26.2 Å². The fourth-order valence-electron chi connectivity index (χ4n) is 3.36. The SMILES string of the molecule is CCN(CC(=O)O)C1CC(NC(=O)NCc2cc(Cl)c3c(c2)OCCO3)C1. The molecule has 1 aromatic carbocycles. The van der Waals surface area contributed by atoms with Crippen LogP contribution in [0.3, 0.4) is 0 Å². The van der Waals surface area contributed by atoms with E-state index in [-0.39, 0.29) is 24.7 Å². The van der Waals surface area contributed by atoms with Gasteiger partial charge in [-0.3, -0.25) is 9.69 Å². The van der Waals surface area contributed by atoms with Gasteiger partial charge in [0.25, 0.3) is 0 Å². The molecule has 1 fully saturated rings. The number of halogens is 1. The fraction of sp³-hybridized carbons (Fsp3) is 0.556. The number of likely N-dealkylation sites (N-methyl/N-ethyl adjacent to an activating group) is 1. The van der Waals surface area contributed by atoms with Crippen LogP contribution in [0.25, 0.3) is 0 Å².